The Hall–Kier alpha value is -1.75. The number of benzene rings is 1. The largest absolute Gasteiger partial charge is 0.465 e. The average molecular weight is 262 g/mol. The maximum Gasteiger partial charge on any atom is 0.340 e. The molecule has 2 heterocycles. The molecule has 1 atom stereocenters. The van der Waals surface area contributed by atoms with Crippen LogP contribution in [-0.4, -0.2) is 38.9 Å². The lowest BCUT2D eigenvalue weighted by molar-refractivity contribution is 0.0602. The van der Waals surface area contributed by atoms with Crippen molar-refractivity contribution in [2.75, 3.05) is 37.5 Å². The summed E-state index contributed by atoms with van der Waals surface area (Å²) in [4.78, 5) is 14.0. The van der Waals surface area contributed by atoms with Crippen molar-refractivity contribution < 1.29 is 14.3 Å². The summed E-state index contributed by atoms with van der Waals surface area (Å²) in [7, 11) is 1.37. The van der Waals surface area contributed by atoms with Crippen LogP contribution in [0.3, 0.4) is 0 Å². The highest BCUT2D eigenvalue weighted by Crippen LogP contribution is 2.35. The van der Waals surface area contributed by atoms with Crippen LogP contribution in [0.25, 0.3) is 0 Å². The quantitative estimate of drug-likeness (QED) is 0.641. The monoisotopic (exact) mass is 262 g/mol. The van der Waals surface area contributed by atoms with Gasteiger partial charge in [0.25, 0.3) is 0 Å². The highest BCUT2D eigenvalue weighted by molar-refractivity contribution is 5.97. The van der Waals surface area contributed by atoms with Gasteiger partial charge in [0, 0.05) is 24.5 Å². The lowest BCUT2D eigenvalue weighted by atomic mass is 10.1. The number of fused-ring (bicyclic) bond motifs is 1. The Morgan fingerprint density at radius 2 is 2.37 bits per heavy atom. The fraction of sp³-hybridized carbons (Fsp3) is 0.500. The van der Waals surface area contributed by atoms with Gasteiger partial charge in [-0.05, 0) is 30.5 Å². The molecule has 2 N–H and O–H groups in total. The van der Waals surface area contributed by atoms with Crippen LogP contribution in [0.1, 0.15) is 22.3 Å². The van der Waals surface area contributed by atoms with Gasteiger partial charge in [0.15, 0.2) is 0 Å². The molecule has 3 rings (SSSR count). The van der Waals surface area contributed by atoms with Gasteiger partial charge in [-0.3, -0.25) is 0 Å². The molecule has 102 valence electrons. The lowest BCUT2D eigenvalue weighted by Crippen LogP contribution is -2.34. The van der Waals surface area contributed by atoms with Crippen molar-refractivity contribution in [3.8, 4) is 0 Å². The van der Waals surface area contributed by atoms with E-state index in [0.717, 1.165) is 38.3 Å². The molecule has 5 heteroatoms. The van der Waals surface area contributed by atoms with E-state index in [9.17, 15) is 4.79 Å². The molecule has 0 aliphatic carbocycles. The predicted molar refractivity (Wildman–Crippen MR) is 72.5 cm³/mol. The second-order valence-corrected chi connectivity index (χ2v) is 5.02. The van der Waals surface area contributed by atoms with E-state index in [1.807, 2.05) is 12.1 Å². The number of carbonyl (C=O) groups is 1. The van der Waals surface area contributed by atoms with Gasteiger partial charge in [-0.15, -0.1) is 0 Å². The zero-order valence-electron chi connectivity index (χ0n) is 11.0. The van der Waals surface area contributed by atoms with E-state index < -0.39 is 0 Å². The Morgan fingerprint density at radius 1 is 1.53 bits per heavy atom. The third kappa shape index (κ3) is 2.04. The van der Waals surface area contributed by atoms with E-state index >= 15 is 0 Å². The molecule has 0 aromatic heterocycles. The average Bonchev–Trinajstić information content (AvgIpc) is 3.04. The molecule has 0 radical (unpaired) electrons. The standard InChI is InChI=1S/C14H18N2O3/c1-18-14(17)11-7-13-9(6-12(11)15)2-4-16(13)10-3-5-19-8-10/h6-7,10H,2-5,8,15H2,1H3. The van der Waals surface area contributed by atoms with Crippen molar-refractivity contribution in [2.45, 2.75) is 18.9 Å². The molecular weight excluding hydrogens is 244 g/mol. The molecule has 2 aliphatic rings. The van der Waals surface area contributed by atoms with E-state index in [1.54, 1.807) is 0 Å². The van der Waals surface area contributed by atoms with Crippen LogP contribution in [0.4, 0.5) is 11.4 Å². The summed E-state index contributed by atoms with van der Waals surface area (Å²) in [6.45, 7) is 2.54. The number of nitrogens with zero attached hydrogens (tertiary/aromatic N) is 1. The minimum atomic E-state index is -0.380. The fourth-order valence-electron chi connectivity index (χ4n) is 2.92. The summed E-state index contributed by atoms with van der Waals surface area (Å²) >= 11 is 0. The van der Waals surface area contributed by atoms with E-state index in [0.29, 0.717) is 17.3 Å². The number of nitrogens with two attached hydrogens (primary N) is 1. The Bertz CT molecular complexity index is 510. The fourth-order valence-corrected chi connectivity index (χ4v) is 2.92. The highest BCUT2D eigenvalue weighted by atomic mass is 16.5. The van der Waals surface area contributed by atoms with Crippen LogP contribution < -0.4 is 10.6 Å². The molecule has 0 saturated carbocycles. The first-order valence-corrected chi connectivity index (χ1v) is 6.56. The number of nitrogen functional groups attached to an aromatic ring is 1. The van der Waals surface area contributed by atoms with Gasteiger partial charge in [0.1, 0.15) is 0 Å². The van der Waals surface area contributed by atoms with Gasteiger partial charge in [0.05, 0.1) is 25.3 Å². The summed E-state index contributed by atoms with van der Waals surface area (Å²) in [6.07, 6.45) is 2.01. The molecule has 0 bridgehead atoms. The normalized spacial score (nSPS) is 21.5. The first-order chi connectivity index (χ1) is 9.20. The van der Waals surface area contributed by atoms with Gasteiger partial charge in [-0.2, -0.15) is 0 Å². The van der Waals surface area contributed by atoms with Crippen LogP contribution in [0.15, 0.2) is 12.1 Å². The Labute approximate surface area is 112 Å². The summed E-state index contributed by atoms with van der Waals surface area (Å²) in [5.41, 5.74) is 9.18. The van der Waals surface area contributed by atoms with Crippen molar-refractivity contribution >= 4 is 17.3 Å². The molecule has 5 nitrogen and oxygen atoms in total. The van der Waals surface area contributed by atoms with E-state index in [4.69, 9.17) is 15.2 Å². The lowest BCUT2D eigenvalue weighted by Gasteiger charge is -2.26. The van der Waals surface area contributed by atoms with Crippen LogP contribution >= 0.6 is 0 Å². The third-order valence-electron chi connectivity index (χ3n) is 3.93. The second-order valence-electron chi connectivity index (χ2n) is 5.02. The zero-order valence-corrected chi connectivity index (χ0v) is 11.0. The number of rotatable bonds is 2. The molecule has 1 aromatic rings. The number of methoxy groups -OCH3 is 1. The minimum absolute atomic E-state index is 0.380. The molecule has 0 amide bonds. The Kier molecular flexibility index (Phi) is 3.06. The van der Waals surface area contributed by atoms with Crippen molar-refractivity contribution in [3.63, 3.8) is 0 Å². The molecular formula is C14H18N2O3. The number of esters is 1. The van der Waals surface area contributed by atoms with Crippen LogP contribution in [0.5, 0.6) is 0 Å². The second kappa shape index (κ2) is 4.74. The smallest absolute Gasteiger partial charge is 0.340 e. The molecule has 2 aliphatic heterocycles. The Morgan fingerprint density at radius 3 is 3.05 bits per heavy atom. The van der Waals surface area contributed by atoms with Crippen LogP contribution in [-0.2, 0) is 15.9 Å². The molecule has 0 spiro atoms. The molecule has 19 heavy (non-hydrogen) atoms. The molecule has 1 fully saturated rings. The first kappa shape index (κ1) is 12.3. The topological polar surface area (TPSA) is 64.8 Å². The number of ether oxygens (including phenoxy) is 2. The summed E-state index contributed by atoms with van der Waals surface area (Å²) < 4.78 is 10.2. The van der Waals surface area contributed by atoms with Crippen molar-refractivity contribution in [1.29, 1.82) is 0 Å². The van der Waals surface area contributed by atoms with Crippen LogP contribution in [0.2, 0.25) is 0 Å². The summed E-state index contributed by atoms with van der Waals surface area (Å²) in [6, 6.07) is 4.18. The molecule has 1 aromatic carbocycles. The molecule has 1 unspecified atom stereocenters. The van der Waals surface area contributed by atoms with Crippen molar-refractivity contribution in [2.24, 2.45) is 0 Å². The van der Waals surface area contributed by atoms with Crippen molar-refractivity contribution in [1.82, 2.24) is 0 Å². The van der Waals surface area contributed by atoms with Crippen LogP contribution in [0, 0.1) is 0 Å². The summed E-state index contributed by atoms with van der Waals surface area (Å²) in [5.74, 6) is -0.380. The summed E-state index contributed by atoms with van der Waals surface area (Å²) in [5, 5.41) is 0. The number of anilines is 2. The maximum absolute atomic E-state index is 11.7. The number of hydrogen-bond donors (Lipinski definition) is 1. The zero-order chi connectivity index (χ0) is 13.4. The molecule has 1 saturated heterocycles. The van der Waals surface area contributed by atoms with Gasteiger partial charge in [-0.1, -0.05) is 0 Å². The van der Waals surface area contributed by atoms with E-state index in [1.165, 1.54) is 12.7 Å². The maximum atomic E-state index is 11.7. The van der Waals surface area contributed by atoms with Gasteiger partial charge in [-0.25, -0.2) is 4.79 Å². The number of hydrogen-bond acceptors (Lipinski definition) is 5. The minimum Gasteiger partial charge on any atom is -0.465 e. The van der Waals surface area contributed by atoms with Gasteiger partial charge >= 0.3 is 5.97 Å². The van der Waals surface area contributed by atoms with Gasteiger partial charge in [0.2, 0.25) is 0 Å². The Balaban J connectivity index is 1.97. The van der Waals surface area contributed by atoms with E-state index in [2.05, 4.69) is 4.90 Å². The van der Waals surface area contributed by atoms with Gasteiger partial charge < -0.3 is 20.1 Å². The SMILES string of the molecule is COC(=O)c1cc2c(cc1N)CCN2C1CCOC1. The third-order valence-corrected chi connectivity index (χ3v) is 3.93. The first-order valence-electron chi connectivity index (χ1n) is 6.56. The van der Waals surface area contributed by atoms with Crippen molar-refractivity contribution in [3.05, 3.63) is 23.3 Å². The van der Waals surface area contributed by atoms with E-state index in [-0.39, 0.29) is 5.97 Å². The number of carbonyl (C=O) groups excluding carboxylic acids is 1. The predicted octanol–water partition coefficient (Wildman–Crippen LogP) is 1.21. The highest BCUT2D eigenvalue weighted by Gasteiger charge is 2.30.